The second-order valence-electron chi connectivity index (χ2n) is 9.60. The molecule has 0 unspecified atom stereocenters. The SMILES string of the molecule is COc1ccc(CCNCCCSc2ccc(NC(=O)c3cccc4c(=O)c5ccccc5[nH]c34)cc2)cc1OC. The maximum absolute atomic E-state index is 13.2. The minimum absolute atomic E-state index is 0.0847. The van der Waals surface area contributed by atoms with E-state index in [1.54, 1.807) is 50.2 Å². The molecule has 5 aromatic rings. The average molecular weight is 568 g/mol. The zero-order valence-corrected chi connectivity index (χ0v) is 24.0. The van der Waals surface area contributed by atoms with Crippen molar-refractivity contribution < 1.29 is 14.3 Å². The van der Waals surface area contributed by atoms with E-state index in [0.717, 1.165) is 48.1 Å². The fourth-order valence-electron chi connectivity index (χ4n) is 4.75. The fraction of sp³-hybridized carbons (Fsp3) is 0.212. The standard InChI is InChI=1S/C33H33N3O4S/c1-39-29-16-11-22(21-30(29)40-2)17-19-34-18-6-20-41-24-14-12-23(13-15-24)35-33(38)27-9-5-8-26-31(27)36-28-10-4-3-7-25(28)32(26)37/h3-5,7-16,21,34H,6,17-20H2,1-2H3,(H,35,38)(H,36,37). The van der Waals surface area contributed by atoms with Gasteiger partial charge in [0, 0.05) is 26.9 Å². The van der Waals surface area contributed by atoms with E-state index in [4.69, 9.17) is 9.47 Å². The number of para-hydroxylation sites is 2. The van der Waals surface area contributed by atoms with Gasteiger partial charge in [-0.05, 0) is 97.9 Å². The molecular weight excluding hydrogens is 534 g/mol. The highest BCUT2D eigenvalue weighted by Gasteiger charge is 2.14. The summed E-state index contributed by atoms with van der Waals surface area (Å²) < 4.78 is 10.7. The van der Waals surface area contributed by atoms with Crippen LogP contribution in [0.4, 0.5) is 5.69 Å². The molecule has 0 atom stereocenters. The number of ether oxygens (including phenoxy) is 2. The number of anilines is 1. The summed E-state index contributed by atoms with van der Waals surface area (Å²) in [4.78, 5) is 30.5. The van der Waals surface area contributed by atoms with E-state index in [1.807, 2.05) is 54.6 Å². The Bertz CT molecular complexity index is 1720. The number of nitrogens with one attached hydrogen (secondary N) is 3. The van der Waals surface area contributed by atoms with Crippen molar-refractivity contribution in [2.24, 2.45) is 0 Å². The number of fused-ring (bicyclic) bond motifs is 2. The predicted octanol–water partition coefficient (Wildman–Crippen LogP) is 6.27. The van der Waals surface area contributed by atoms with Crippen molar-refractivity contribution in [1.82, 2.24) is 10.3 Å². The number of carbonyl (C=O) groups excluding carboxylic acids is 1. The van der Waals surface area contributed by atoms with Crippen LogP contribution >= 0.6 is 11.8 Å². The highest BCUT2D eigenvalue weighted by molar-refractivity contribution is 7.99. The molecule has 0 radical (unpaired) electrons. The van der Waals surface area contributed by atoms with E-state index < -0.39 is 0 Å². The van der Waals surface area contributed by atoms with Crippen molar-refractivity contribution in [1.29, 1.82) is 0 Å². The smallest absolute Gasteiger partial charge is 0.257 e. The van der Waals surface area contributed by atoms with Gasteiger partial charge in [-0.1, -0.05) is 24.3 Å². The molecule has 7 nitrogen and oxygen atoms in total. The topological polar surface area (TPSA) is 92.5 Å². The second-order valence-corrected chi connectivity index (χ2v) is 10.8. The van der Waals surface area contributed by atoms with Gasteiger partial charge in [-0.3, -0.25) is 9.59 Å². The first kappa shape index (κ1) is 28.3. The van der Waals surface area contributed by atoms with E-state index in [0.29, 0.717) is 33.1 Å². The average Bonchev–Trinajstić information content (AvgIpc) is 3.01. The van der Waals surface area contributed by atoms with Crippen molar-refractivity contribution in [2.75, 3.05) is 38.4 Å². The maximum Gasteiger partial charge on any atom is 0.257 e. The van der Waals surface area contributed by atoms with Gasteiger partial charge in [0.25, 0.3) is 5.91 Å². The van der Waals surface area contributed by atoms with Crippen LogP contribution in [0.5, 0.6) is 11.5 Å². The van der Waals surface area contributed by atoms with Crippen molar-refractivity contribution in [2.45, 2.75) is 17.7 Å². The first-order valence-corrected chi connectivity index (χ1v) is 14.6. The molecule has 0 saturated heterocycles. The number of rotatable bonds is 12. The molecule has 0 bridgehead atoms. The largest absolute Gasteiger partial charge is 0.493 e. The van der Waals surface area contributed by atoms with Crippen LogP contribution in [0.3, 0.4) is 0 Å². The third-order valence-electron chi connectivity index (χ3n) is 6.90. The molecule has 3 N–H and O–H groups in total. The lowest BCUT2D eigenvalue weighted by Crippen LogP contribution is -2.19. The van der Waals surface area contributed by atoms with Crippen LogP contribution in [-0.4, -0.2) is 44.0 Å². The Morgan fingerprint density at radius 2 is 1.63 bits per heavy atom. The van der Waals surface area contributed by atoms with Crippen molar-refractivity contribution in [3.63, 3.8) is 0 Å². The normalized spacial score (nSPS) is 11.1. The number of methoxy groups -OCH3 is 2. The van der Waals surface area contributed by atoms with Gasteiger partial charge in [0.1, 0.15) is 0 Å². The summed E-state index contributed by atoms with van der Waals surface area (Å²) in [5, 5.41) is 7.58. The Balaban J connectivity index is 1.09. The number of H-pyrrole nitrogens is 1. The van der Waals surface area contributed by atoms with Crippen LogP contribution in [0.25, 0.3) is 21.8 Å². The van der Waals surface area contributed by atoms with Crippen molar-refractivity contribution >= 4 is 45.2 Å². The van der Waals surface area contributed by atoms with Crippen LogP contribution in [-0.2, 0) is 6.42 Å². The Kier molecular flexibility index (Phi) is 9.23. The van der Waals surface area contributed by atoms with E-state index in [1.165, 1.54) is 5.56 Å². The maximum atomic E-state index is 13.2. The number of amides is 1. The molecule has 0 aliphatic rings. The molecule has 1 heterocycles. The number of thioether (sulfide) groups is 1. The Morgan fingerprint density at radius 1 is 0.854 bits per heavy atom. The lowest BCUT2D eigenvalue weighted by atomic mass is 10.1. The van der Waals surface area contributed by atoms with Crippen LogP contribution < -0.4 is 25.5 Å². The second kappa shape index (κ2) is 13.4. The first-order chi connectivity index (χ1) is 20.1. The molecule has 210 valence electrons. The number of pyridine rings is 1. The van der Waals surface area contributed by atoms with Gasteiger partial charge < -0.3 is 25.1 Å². The number of carbonyl (C=O) groups is 1. The highest BCUT2D eigenvalue weighted by Crippen LogP contribution is 2.27. The summed E-state index contributed by atoms with van der Waals surface area (Å²) in [6.07, 6.45) is 1.97. The number of aromatic nitrogens is 1. The molecule has 0 saturated carbocycles. The monoisotopic (exact) mass is 567 g/mol. The van der Waals surface area contributed by atoms with Crippen LogP contribution in [0.2, 0.25) is 0 Å². The lowest BCUT2D eigenvalue weighted by molar-refractivity contribution is 0.102. The quantitative estimate of drug-likeness (QED) is 0.0936. The minimum atomic E-state index is -0.263. The third-order valence-corrected chi connectivity index (χ3v) is 8.00. The molecule has 4 aromatic carbocycles. The number of hydrogen-bond donors (Lipinski definition) is 3. The predicted molar refractivity (Wildman–Crippen MR) is 168 cm³/mol. The Morgan fingerprint density at radius 3 is 2.44 bits per heavy atom. The molecule has 8 heteroatoms. The van der Waals surface area contributed by atoms with Gasteiger partial charge >= 0.3 is 0 Å². The molecule has 41 heavy (non-hydrogen) atoms. The molecule has 0 spiro atoms. The zero-order chi connectivity index (χ0) is 28.6. The number of benzene rings is 4. The van der Waals surface area contributed by atoms with Crippen LogP contribution in [0.1, 0.15) is 22.3 Å². The number of aromatic amines is 1. The molecule has 0 aliphatic heterocycles. The summed E-state index contributed by atoms with van der Waals surface area (Å²) in [6, 6.07) is 26.4. The van der Waals surface area contributed by atoms with Gasteiger partial charge in [0.15, 0.2) is 16.9 Å². The third kappa shape index (κ3) is 6.73. The van der Waals surface area contributed by atoms with Gasteiger partial charge in [-0.15, -0.1) is 11.8 Å². The Hall–Kier alpha value is -4.27. The van der Waals surface area contributed by atoms with E-state index in [9.17, 15) is 9.59 Å². The summed E-state index contributed by atoms with van der Waals surface area (Å²) >= 11 is 1.79. The summed E-state index contributed by atoms with van der Waals surface area (Å²) in [5.41, 5.74) is 3.51. The first-order valence-electron chi connectivity index (χ1n) is 13.6. The Labute approximate surface area is 243 Å². The van der Waals surface area contributed by atoms with Gasteiger partial charge in [-0.25, -0.2) is 0 Å². The molecule has 0 fully saturated rings. The molecule has 1 aromatic heterocycles. The van der Waals surface area contributed by atoms with Crippen LogP contribution in [0.15, 0.2) is 94.6 Å². The molecule has 5 rings (SSSR count). The van der Waals surface area contributed by atoms with Crippen molar-refractivity contribution in [3.05, 3.63) is 106 Å². The van der Waals surface area contributed by atoms with Gasteiger partial charge in [0.2, 0.25) is 0 Å². The fourth-order valence-corrected chi connectivity index (χ4v) is 5.60. The van der Waals surface area contributed by atoms with Gasteiger partial charge in [0.05, 0.1) is 25.3 Å². The molecular formula is C33H33N3O4S. The molecule has 1 amide bonds. The minimum Gasteiger partial charge on any atom is -0.493 e. The van der Waals surface area contributed by atoms with E-state index in [-0.39, 0.29) is 11.3 Å². The number of hydrogen-bond acceptors (Lipinski definition) is 6. The van der Waals surface area contributed by atoms with E-state index in [2.05, 4.69) is 21.7 Å². The highest BCUT2D eigenvalue weighted by atomic mass is 32.2. The van der Waals surface area contributed by atoms with Gasteiger partial charge in [-0.2, -0.15) is 0 Å². The lowest BCUT2D eigenvalue weighted by Gasteiger charge is -2.10. The summed E-state index contributed by atoms with van der Waals surface area (Å²) in [7, 11) is 3.29. The van der Waals surface area contributed by atoms with E-state index >= 15 is 0 Å². The molecule has 0 aliphatic carbocycles. The summed E-state index contributed by atoms with van der Waals surface area (Å²) in [5.74, 6) is 2.23. The van der Waals surface area contributed by atoms with Crippen molar-refractivity contribution in [3.8, 4) is 11.5 Å². The summed E-state index contributed by atoms with van der Waals surface area (Å²) in [6.45, 7) is 1.84. The zero-order valence-electron chi connectivity index (χ0n) is 23.2. The van der Waals surface area contributed by atoms with Crippen LogP contribution in [0, 0.1) is 0 Å².